The van der Waals surface area contributed by atoms with Crippen molar-refractivity contribution in [1.29, 1.82) is 0 Å². The number of rotatable bonds is 4. The lowest BCUT2D eigenvalue weighted by Crippen LogP contribution is -2.04. The maximum atomic E-state index is 4.11. The Morgan fingerprint density at radius 1 is 1.25 bits per heavy atom. The Morgan fingerprint density at radius 2 is 2.00 bits per heavy atom. The molecule has 4 heteroatoms. The van der Waals surface area contributed by atoms with Crippen LogP contribution in [0.3, 0.4) is 0 Å². The van der Waals surface area contributed by atoms with E-state index in [-0.39, 0.29) is 0 Å². The van der Waals surface area contributed by atoms with Gasteiger partial charge >= 0.3 is 0 Å². The van der Waals surface area contributed by atoms with Crippen LogP contribution in [0.25, 0.3) is 0 Å². The number of hydrogen-bond donors (Lipinski definition) is 1. The van der Waals surface area contributed by atoms with Crippen LogP contribution in [-0.2, 0) is 13.6 Å². The van der Waals surface area contributed by atoms with Crippen LogP contribution in [0.5, 0.6) is 0 Å². The molecule has 3 nitrogen and oxygen atoms in total. The molecule has 1 N–H and O–H groups in total. The standard InChI is InChI=1S/C12H15N3S/c1-15-12(7-8-14-15)13-9-10-3-5-11(16-2)6-4-10/h3-8,13H,9H2,1-2H3. The maximum absolute atomic E-state index is 4.11. The lowest BCUT2D eigenvalue weighted by atomic mass is 10.2. The summed E-state index contributed by atoms with van der Waals surface area (Å²) >= 11 is 1.76. The van der Waals surface area contributed by atoms with Crippen LogP contribution >= 0.6 is 11.8 Å². The third-order valence-electron chi connectivity index (χ3n) is 2.45. The van der Waals surface area contributed by atoms with E-state index in [0.29, 0.717) is 0 Å². The highest BCUT2D eigenvalue weighted by Crippen LogP contribution is 2.15. The van der Waals surface area contributed by atoms with Crippen molar-refractivity contribution in [1.82, 2.24) is 9.78 Å². The van der Waals surface area contributed by atoms with Crippen molar-refractivity contribution in [2.75, 3.05) is 11.6 Å². The van der Waals surface area contributed by atoms with Crippen LogP contribution in [0.2, 0.25) is 0 Å². The highest BCUT2D eigenvalue weighted by molar-refractivity contribution is 7.98. The number of aromatic nitrogens is 2. The first-order chi connectivity index (χ1) is 7.79. The van der Waals surface area contributed by atoms with Gasteiger partial charge in [0.1, 0.15) is 5.82 Å². The summed E-state index contributed by atoms with van der Waals surface area (Å²) in [7, 11) is 1.93. The van der Waals surface area contributed by atoms with Gasteiger partial charge in [-0.25, -0.2) is 0 Å². The number of nitrogens with one attached hydrogen (secondary N) is 1. The minimum absolute atomic E-state index is 0.828. The minimum atomic E-state index is 0.828. The number of aryl methyl sites for hydroxylation is 1. The Bertz CT molecular complexity index is 448. The van der Waals surface area contributed by atoms with Gasteiger partial charge in [-0.1, -0.05) is 12.1 Å². The van der Waals surface area contributed by atoms with E-state index in [1.54, 1.807) is 18.0 Å². The number of benzene rings is 1. The molecule has 0 amide bonds. The summed E-state index contributed by atoms with van der Waals surface area (Å²) in [6.07, 6.45) is 3.88. The predicted octanol–water partition coefficient (Wildman–Crippen LogP) is 2.75. The molecule has 0 aliphatic rings. The lowest BCUT2D eigenvalue weighted by molar-refractivity contribution is 0.769. The summed E-state index contributed by atoms with van der Waals surface area (Å²) < 4.78 is 1.83. The van der Waals surface area contributed by atoms with Crippen LogP contribution in [0, 0.1) is 0 Å². The first-order valence-corrected chi connectivity index (χ1v) is 6.37. The van der Waals surface area contributed by atoms with E-state index in [4.69, 9.17) is 0 Å². The quantitative estimate of drug-likeness (QED) is 0.824. The molecule has 0 aliphatic carbocycles. The number of hydrogen-bond acceptors (Lipinski definition) is 3. The Balaban J connectivity index is 1.97. The van der Waals surface area contributed by atoms with Gasteiger partial charge in [-0.15, -0.1) is 11.8 Å². The molecule has 1 heterocycles. The van der Waals surface area contributed by atoms with Gasteiger partial charge in [-0.3, -0.25) is 4.68 Å². The second kappa shape index (κ2) is 5.07. The van der Waals surface area contributed by atoms with E-state index >= 15 is 0 Å². The Labute approximate surface area is 99.9 Å². The molecule has 2 aromatic rings. The van der Waals surface area contributed by atoms with Crippen molar-refractivity contribution >= 4 is 17.6 Å². The van der Waals surface area contributed by atoms with Crippen molar-refractivity contribution in [3.8, 4) is 0 Å². The van der Waals surface area contributed by atoms with E-state index < -0.39 is 0 Å². The number of thioether (sulfide) groups is 1. The molecule has 16 heavy (non-hydrogen) atoms. The van der Waals surface area contributed by atoms with Gasteiger partial charge < -0.3 is 5.32 Å². The van der Waals surface area contributed by atoms with E-state index in [0.717, 1.165) is 12.4 Å². The fourth-order valence-electron chi connectivity index (χ4n) is 1.48. The van der Waals surface area contributed by atoms with E-state index in [9.17, 15) is 0 Å². The third-order valence-corrected chi connectivity index (χ3v) is 3.20. The first kappa shape index (κ1) is 11.1. The lowest BCUT2D eigenvalue weighted by Gasteiger charge is -2.06. The van der Waals surface area contributed by atoms with Gasteiger partial charge in [0.2, 0.25) is 0 Å². The first-order valence-electron chi connectivity index (χ1n) is 5.14. The molecule has 0 unspecified atom stereocenters. The van der Waals surface area contributed by atoms with Gasteiger partial charge in [-0.2, -0.15) is 5.10 Å². The van der Waals surface area contributed by atoms with Crippen LogP contribution in [0.4, 0.5) is 5.82 Å². The topological polar surface area (TPSA) is 29.9 Å². The Morgan fingerprint density at radius 3 is 2.56 bits per heavy atom. The zero-order valence-electron chi connectivity index (χ0n) is 9.47. The van der Waals surface area contributed by atoms with Gasteiger partial charge in [-0.05, 0) is 24.0 Å². The fraction of sp³-hybridized carbons (Fsp3) is 0.250. The monoisotopic (exact) mass is 233 g/mol. The molecule has 84 valence electrons. The van der Waals surface area contributed by atoms with Crippen molar-refractivity contribution in [3.05, 3.63) is 42.1 Å². The molecule has 0 bridgehead atoms. The zero-order chi connectivity index (χ0) is 11.4. The number of anilines is 1. The predicted molar refractivity (Wildman–Crippen MR) is 68.8 cm³/mol. The second-order valence-corrected chi connectivity index (χ2v) is 4.42. The van der Waals surface area contributed by atoms with Gasteiger partial charge in [0.25, 0.3) is 0 Å². The highest BCUT2D eigenvalue weighted by atomic mass is 32.2. The van der Waals surface area contributed by atoms with E-state index in [2.05, 4.69) is 40.9 Å². The van der Waals surface area contributed by atoms with E-state index in [1.165, 1.54) is 10.5 Å². The summed E-state index contributed by atoms with van der Waals surface area (Å²) in [5.74, 6) is 1.04. The van der Waals surface area contributed by atoms with Crippen LogP contribution < -0.4 is 5.32 Å². The molecule has 0 atom stereocenters. The Kier molecular flexibility index (Phi) is 3.51. The molecule has 2 rings (SSSR count). The fourth-order valence-corrected chi connectivity index (χ4v) is 1.89. The molecular formula is C12H15N3S. The van der Waals surface area contributed by atoms with E-state index in [1.807, 2.05) is 17.8 Å². The van der Waals surface area contributed by atoms with Crippen molar-refractivity contribution in [2.24, 2.45) is 7.05 Å². The van der Waals surface area contributed by atoms with Crippen LogP contribution in [0.15, 0.2) is 41.4 Å². The highest BCUT2D eigenvalue weighted by Gasteiger charge is 1.97. The summed E-state index contributed by atoms with van der Waals surface area (Å²) in [6.45, 7) is 0.828. The summed E-state index contributed by atoms with van der Waals surface area (Å²) in [6, 6.07) is 10.6. The van der Waals surface area contributed by atoms with Crippen LogP contribution in [-0.4, -0.2) is 16.0 Å². The van der Waals surface area contributed by atoms with Crippen molar-refractivity contribution in [3.63, 3.8) is 0 Å². The average molecular weight is 233 g/mol. The summed E-state index contributed by atoms with van der Waals surface area (Å²) in [5, 5.41) is 7.45. The molecule has 1 aromatic carbocycles. The van der Waals surface area contributed by atoms with Crippen molar-refractivity contribution < 1.29 is 0 Å². The van der Waals surface area contributed by atoms with Gasteiger partial charge in [0.05, 0.1) is 6.20 Å². The minimum Gasteiger partial charge on any atom is -0.366 e. The number of nitrogens with zero attached hydrogens (tertiary/aromatic N) is 2. The smallest absolute Gasteiger partial charge is 0.124 e. The zero-order valence-corrected chi connectivity index (χ0v) is 10.3. The van der Waals surface area contributed by atoms with Gasteiger partial charge in [0, 0.05) is 24.6 Å². The normalized spacial score (nSPS) is 10.4. The molecule has 0 fully saturated rings. The molecule has 1 aromatic heterocycles. The third kappa shape index (κ3) is 2.58. The molecule has 0 saturated carbocycles. The maximum Gasteiger partial charge on any atom is 0.124 e. The van der Waals surface area contributed by atoms with Gasteiger partial charge in [0.15, 0.2) is 0 Å². The van der Waals surface area contributed by atoms with Crippen LogP contribution in [0.1, 0.15) is 5.56 Å². The molecule has 0 aliphatic heterocycles. The summed E-state index contributed by atoms with van der Waals surface area (Å²) in [5.41, 5.74) is 1.28. The van der Waals surface area contributed by atoms with Crippen molar-refractivity contribution in [2.45, 2.75) is 11.4 Å². The molecule has 0 saturated heterocycles. The second-order valence-electron chi connectivity index (χ2n) is 3.54. The largest absolute Gasteiger partial charge is 0.366 e. The molecular weight excluding hydrogens is 218 g/mol. The molecule has 0 spiro atoms. The average Bonchev–Trinajstić information content (AvgIpc) is 2.73. The molecule has 0 radical (unpaired) electrons. The SMILES string of the molecule is CSc1ccc(CNc2ccnn2C)cc1. The summed E-state index contributed by atoms with van der Waals surface area (Å²) in [4.78, 5) is 1.30. The Hall–Kier alpha value is -1.42.